The summed E-state index contributed by atoms with van der Waals surface area (Å²) in [7, 11) is 0. The first-order valence-electron chi connectivity index (χ1n) is 7.79. The SMILES string of the molecule is CC(C)C[C@H](NC(=O)[C@@H](N)Cc1ccccc1)[C@@H](O)CC(=O)O. The molecule has 0 aromatic heterocycles. The Labute approximate surface area is 136 Å². The molecule has 0 spiro atoms. The van der Waals surface area contributed by atoms with Gasteiger partial charge in [0.1, 0.15) is 0 Å². The first kappa shape index (κ1) is 19.1. The molecule has 128 valence electrons. The number of hydrogen-bond donors (Lipinski definition) is 4. The zero-order chi connectivity index (χ0) is 17.4. The molecule has 0 aliphatic rings. The minimum absolute atomic E-state index is 0.203. The minimum Gasteiger partial charge on any atom is -0.481 e. The van der Waals surface area contributed by atoms with Crippen LogP contribution in [0.15, 0.2) is 30.3 Å². The molecule has 0 radical (unpaired) electrons. The fourth-order valence-electron chi connectivity index (χ4n) is 2.39. The van der Waals surface area contributed by atoms with Crippen LogP contribution in [0.25, 0.3) is 0 Å². The van der Waals surface area contributed by atoms with Gasteiger partial charge in [-0.1, -0.05) is 44.2 Å². The number of aliphatic carboxylic acids is 1. The molecule has 0 unspecified atom stereocenters. The van der Waals surface area contributed by atoms with Crippen LogP contribution in [0.5, 0.6) is 0 Å². The number of carboxylic acid groups (broad SMARTS) is 1. The third-order valence-electron chi connectivity index (χ3n) is 3.54. The zero-order valence-electron chi connectivity index (χ0n) is 13.6. The highest BCUT2D eigenvalue weighted by atomic mass is 16.4. The number of amides is 1. The summed E-state index contributed by atoms with van der Waals surface area (Å²) in [6.07, 6.45) is -0.678. The maximum atomic E-state index is 12.2. The fourth-order valence-corrected chi connectivity index (χ4v) is 2.39. The Hall–Kier alpha value is -1.92. The Balaban J connectivity index is 2.65. The van der Waals surface area contributed by atoms with E-state index in [0.717, 1.165) is 5.56 Å². The van der Waals surface area contributed by atoms with Crippen LogP contribution >= 0.6 is 0 Å². The average molecular weight is 322 g/mol. The van der Waals surface area contributed by atoms with Crippen LogP contribution in [0, 0.1) is 5.92 Å². The van der Waals surface area contributed by atoms with E-state index in [1.807, 2.05) is 44.2 Å². The molecule has 6 heteroatoms. The highest BCUT2D eigenvalue weighted by Crippen LogP contribution is 2.12. The van der Waals surface area contributed by atoms with E-state index in [1.54, 1.807) is 0 Å². The monoisotopic (exact) mass is 322 g/mol. The lowest BCUT2D eigenvalue weighted by atomic mass is 9.96. The predicted octanol–water partition coefficient (Wildman–Crippen LogP) is 0.923. The molecular weight excluding hydrogens is 296 g/mol. The van der Waals surface area contributed by atoms with Crippen LogP contribution in [0.3, 0.4) is 0 Å². The van der Waals surface area contributed by atoms with E-state index < -0.39 is 30.6 Å². The van der Waals surface area contributed by atoms with Crippen molar-refractivity contribution in [1.82, 2.24) is 5.32 Å². The van der Waals surface area contributed by atoms with Crippen molar-refractivity contribution in [2.75, 3.05) is 0 Å². The predicted molar refractivity (Wildman–Crippen MR) is 87.8 cm³/mol. The quantitative estimate of drug-likeness (QED) is 0.540. The van der Waals surface area contributed by atoms with Gasteiger partial charge in [-0.15, -0.1) is 0 Å². The molecule has 0 saturated carbocycles. The third kappa shape index (κ3) is 7.25. The second-order valence-electron chi connectivity index (χ2n) is 6.21. The van der Waals surface area contributed by atoms with E-state index in [0.29, 0.717) is 12.8 Å². The van der Waals surface area contributed by atoms with E-state index in [-0.39, 0.29) is 11.8 Å². The molecule has 1 aromatic carbocycles. The average Bonchev–Trinajstić information content (AvgIpc) is 2.46. The van der Waals surface area contributed by atoms with Crippen molar-refractivity contribution >= 4 is 11.9 Å². The van der Waals surface area contributed by atoms with Crippen molar-refractivity contribution in [3.8, 4) is 0 Å². The summed E-state index contributed by atoms with van der Waals surface area (Å²) in [6, 6.07) is 8.03. The summed E-state index contributed by atoms with van der Waals surface area (Å²) in [5, 5.41) is 21.5. The van der Waals surface area contributed by atoms with E-state index >= 15 is 0 Å². The standard InChI is InChI=1S/C17H26N2O4/c1-11(2)8-14(15(20)10-16(21)22)19-17(23)13(18)9-12-6-4-3-5-7-12/h3-7,11,13-15,20H,8-10,18H2,1-2H3,(H,19,23)(H,21,22)/t13-,14-,15-/m0/s1. The molecule has 0 heterocycles. The number of carboxylic acids is 1. The lowest BCUT2D eigenvalue weighted by Crippen LogP contribution is -2.51. The minimum atomic E-state index is -1.14. The Morgan fingerprint density at radius 2 is 1.83 bits per heavy atom. The van der Waals surface area contributed by atoms with Crippen molar-refractivity contribution in [3.63, 3.8) is 0 Å². The van der Waals surface area contributed by atoms with Crippen molar-refractivity contribution in [2.24, 2.45) is 11.7 Å². The van der Waals surface area contributed by atoms with Gasteiger partial charge >= 0.3 is 5.97 Å². The molecule has 23 heavy (non-hydrogen) atoms. The molecule has 0 aliphatic carbocycles. The lowest BCUT2D eigenvalue weighted by Gasteiger charge is -2.26. The van der Waals surface area contributed by atoms with Gasteiger partial charge in [-0.05, 0) is 24.3 Å². The first-order valence-corrected chi connectivity index (χ1v) is 7.79. The normalized spacial score (nSPS) is 15.0. The molecule has 0 fully saturated rings. The molecular formula is C17H26N2O4. The summed E-state index contributed by atoms with van der Waals surface area (Å²) in [6.45, 7) is 3.88. The van der Waals surface area contributed by atoms with Crippen LogP contribution in [-0.4, -0.2) is 40.3 Å². The number of hydrogen-bond acceptors (Lipinski definition) is 4. The largest absolute Gasteiger partial charge is 0.481 e. The van der Waals surface area contributed by atoms with Gasteiger partial charge in [0.15, 0.2) is 0 Å². The van der Waals surface area contributed by atoms with Crippen LogP contribution in [0.1, 0.15) is 32.3 Å². The summed E-state index contributed by atoms with van der Waals surface area (Å²) < 4.78 is 0. The van der Waals surface area contributed by atoms with Crippen molar-refractivity contribution in [3.05, 3.63) is 35.9 Å². The van der Waals surface area contributed by atoms with Crippen molar-refractivity contribution in [2.45, 2.75) is 51.3 Å². The molecule has 1 rings (SSSR count). The van der Waals surface area contributed by atoms with Crippen molar-refractivity contribution in [1.29, 1.82) is 0 Å². The summed E-state index contributed by atoms with van der Waals surface area (Å²) in [5.41, 5.74) is 6.87. The molecule has 6 nitrogen and oxygen atoms in total. The third-order valence-corrected chi connectivity index (χ3v) is 3.54. The summed E-state index contributed by atoms with van der Waals surface area (Å²) in [5.74, 6) is -1.29. The number of nitrogens with two attached hydrogens (primary N) is 1. The van der Waals surface area contributed by atoms with E-state index in [1.165, 1.54) is 0 Å². The molecule has 0 bridgehead atoms. The number of rotatable bonds is 9. The molecule has 1 amide bonds. The number of carbonyl (C=O) groups is 2. The van der Waals surface area contributed by atoms with Crippen molar-refractivity contribution < 1.29 is 19.8 Å². The number of nitrogens with one attached hydrogen (secondary N) is 1. The fraction of sp³-hybridized carbons (Fsp3) is 0.529. The molecule has 1 aromatic rings. The molecule has 0 saturated heterocycles. The van der Waals surface area contributed by atoms with Gasteiger partial charge in [0.05, 0.1) is 24.6 Å². The number of aliphatic hydroxyl groups is 1. The first-order chi connectivity index (χ1) is 10.8. The van der Waals surface area contributed by atoms with Crippen LogP contribution < -0.4 is 11.1 Å². The van der Waals surface area contributed by atoms with E-state index in [4.69, 9.17) is 10.8 Å². The van der Waals surface area contributed by atoms with Gasteiger partial charge in [-0.25, -0.2) is 0 Å². The topological polar surface area (TPSA) is 113 Å². The second kappa shape index (κ2) is 9.27. The number of aliphatic hydroxyl groups excluding tert-OH is 1. The van der Waals surface area contributed by atoms with Crippen LogP contribution in [0.4, 0.5) is 0 Å². The number of carbonyl (C=O) groups excluding carboxylic acids is 1. The number of benzene rings is 1. The van der Waals surface area contributed by atoms with E-state index in [9.17, 15) is 14.7 Å². The molecule has 5 N–H and O–H groups in total. The Morgan fingerprint density at radius 3 is 2.35 bits per heavy atom. The van der Waals surface area contributed by atoms with Gasteiger partial charge < -0.3 is 21.3 Å². The Bertz CT molecular complexity index is 505. The van der Waals surface area contributed by atoms with E-state index in [2.05, 4.69) is 5.32 Å². The zero-order valence-corrected chi connectivity index (χ0v) is 13.6. The Kier molecular flexibility index (Phi) is 7.71. The van der Waals surface area contributed by atoms with Gasteiger partial charge in [-0.2, -0.15) is 0 Å². The molecule has 3 atom stereocenters. The van der Waals surface area contributed by atoms with Crippen LogP contribution in [0.2, 0.25) is 0 Å². The van der Waals surface area contributed by atoms with Gasteiger partial charge in [0, 0.05) is 0 Å². The highest BCUT2D eigenvalue weighted by Gasteiger charge is 2.26. The van der Waals surface area contributed by atoms with Gasteiger partial charge in [0.25, 0.3) is 0 Å². The van der Waals surface area contributed by atoms with Gasteiger partial charge in [0.2, 0.25) is 5.91 Å². The summed E-state index contributed by atoms with van der Waals surface area (Å²) in [4.78, 5) is 23.0. The smallest absolute Gasteiger partial charge is 0.306 e. The summed E-state index contributed by atoms with van der Waals surface area (Å²) >= 11 is 0. The molecule has 0 aliphatic heterocycles. The maximum absolute atomic E-state index is 12.2. The Morgan fingerprint density at radius 1 is 1.22 bits per heavy atom. The second-order valence-corrected chi connectivity index (χ2v) is 6.21. The van der Waals surface area contributed by atoms with Gasteiger partial charge in [-0.3, -0.25) is 9.59 Å². The van der Waals surface area contributed by atoms with Crippen LogP contribution in [-0.2, 0) is 16.0 Å². The maximum Gasteiger partial charge on any atom is 0.306 e. The highest BCUT2D eigenvalue weighted by molar-refractivity contribution is 5.82. The lowest BCUT2D eigenvalue weighted by molar-refractivity contribution is -0.140.